The Morgan fingerprint density at radius 2 is 1.79 bits per heavy atom. The first kappa shape index (κ1) is 20.9. The van der Waals surface area contributed by atoms with Crippen molar-refractivity contribution in [3.8, 4) is 11.5 Å². The van der Waals surface area contributed by atoms with Crippen LogP contribution in [0.2, 0.25) is 0 Å². The zero-order chi connectivity index (χ0) is 20.6. The number of rotatable bonds is 4. The lowest BCUT2D eigenvalue weighted by molar-refractivity contribution is 0.0597. The minimum absolute atomic E-state index is 0.307. The molecule has 154 valence electrons. The highest BCUT2D eigenvalue weighted by Gasteiger charge is 2.34. The zero-order valence-electron chi connectivity index (χ0n) is 17.2. The maximum Gasteiger partial charge on any atom is 0.344 e. The van der Waals surface area contributed by atoms with Gasteiger partial charge in [-0.05, 0) is 62.7 Å². The summed E-state index contributed by atoms with van der Waals surface area (Å²) in [4.78, 5) is 18.2. The van der Waals surface area contributed by atoms with Crippen molar-refractivity contribution in [1.29, 1.82) is 0 Å². The van der Waals surface area contributed by atoms with Crippen molar-refractivity contribution in [2.24, 2.45) is 5.92 Å². The molecule has 1 aliphatic heterocycles. The van der Waals surface area contributed by atoms with Crippen molar-refractivity contribution in [3.05, 3.63) is 66.2 Å². The number of allylic oxidation sites excluding steroid dienone is 1. The van der Waals surface area contributed by atoms with Gasteiger partial charge >= 0.3 is 5.97 Å². The van der Waals surface area contributed by atoms with Gasteiger partial charge in [-0.2, -0.15) is 0 Å². The second-order valence-corrected chi connectivity index (χ2v) is 7.18. The molecule has 0 radical (unpaired) electrons. The molecule has 2 unspecified atom stereocenters. The average Bonchev–Trinajstić information content (AvgIpc) is 3.15. The molecule has 0 saturated carbocycles. The van der Waals surface area contributed by atoms with E-state index in [9.17, 15) is 4.79 Å². The van der Waals surface area contributed by atoms with E-state index in [-0.39, 0.29) is 5.97 Å². The van der Waals surface area contributed by atoms with Crippen molar-refractivity contribution < 1.29 is 19.0 Å². The molecule has 1 aliphatic carbocycles. The van der Waals surface area contributed by atoms with Gasteiger partial charge in [0.25, 0.3) is 0 Å². The number of nitrogens with zero attached hydrogens (tertiary/aromatic N) is 2. The summed E-state index contributed by atoms with van der Waals surface area (Å²) in [6.45, 7) is 1.13. The fourth-order valence-corrected chi connectivity index (χ4v) is 3.76. The number of para-hydroxylation sites is 2. The fourth-order valence-electron chi connectivity index (χ4n) is 3.76. The number of aromatic nitrogens is 1. The number of methoxy groups -OCH3 is 2. The quantitative estimate of drug-likeness (QED) is 0.730. The summed E-state index contributed by atoms with van der Waals surface area (Å²) < 4.78 is 15.5. The largest absolute Gasteiger partial charge is 0.493 e. The number of likely N-dealkylation sites (N-methyl/N-ethyl adjacent to an activating group) is 1. The first-order chi connectivity index (χ1) is 14.1. The molecule has 1 aromatic carbocycles. The Morgan fingerprint density at radius 3 is 2.41 bits per heavy atom. The Balaban J connectivity index is 0.000000204. The number of pyridine rings is 1. The molecule has 1 fully saturated rings. The molecule has 1 aromatic heterocycles. The van der Waals surface area contributed by atoms with Gasteiger partial charge in [0.2, 0.25) is 0 Å². The van der Waals surface area contributed by atoms with Gasteiger partial charge in [0, 0.05) is 24.9 Å². The molecule has 0 bridgehead atoms. The lowest BCUT2D eigenvalue weighted by Crippen LogP contribution is -2.30. The van der Waals surface area contributed by atoms with E-state index in [1.54, 1.807) is 32.5 Å². The highest BCUT2D eigenvalue weighted by Crippen LogP contribution is 2.34. The standard InChI is InChI=1S/C15H18N2O2.C8H10O2/c1-17-8-6-11-4-5-13(9-14(11)17)19-15(18)12-3-2-7-16-10-12;1-9-7-5-3-4-6-8(7)10-2/h2-3,7,9-11,14H,4-6,8H2,1H3;3-6H,1-2H3. The van der Waals surface area contributed by atoms with E-state index in [0.29, 0.717) is 11.6 Å². The van der Waals surface area contributed by atoms with E-state index in [1.807, 2.05) is 24.3 Å². The smallest absolute Gasteiger partial charge is 0.344 e. The van der Waals surface area contributed by atoms with Gasteiger partial charge < -0.3 is 14.2 Å². The Kier molecular flexibility index (Phi) is 7.25. The van der Waals surface area contributed by atoms with Crippen molar-refractivity contribution in [2.75, 3.05) is 27.8 Å². The van der Waals surface area contributed by atoms with E-state index in [4.69, 9.17) is 14.2 Å². The monoisotopic (exact) mass is 396 g/mol. The van der Waals surface area contributed by atoms with Crippen LogP contribution >= 0.6 is 0 Å². The molecule has 2 heterocycles. The topological polar surface area (TPSA) is 60.9 Å². The third-order valence-corrected chi connectivity index (χ3v) is 5.37. The molecule has 6 nitrogen and oxygen atoms in total. The predicted molar refractivity (Wildman–Crippen MR) is 111 cm³/mol. The first-order valence-corrected chi connectivity index (χ1v) is 9.82. The molecular weight excluding hydrogens is 368 g/mol. The number of fused-ring (bicyclic) bond motifs is 1. The summed E-state index contributed by atoms with van der Waals surface area (Å²) in [7, 11) is 5.38. The Hall–Kier alpha value is -2.86. The minimum atomic E-state index is -0.307. The number of benzene rings is 1. The third-order valence-electron chi connectivity index (χ3n) is 5.37. The van der Waals surface area contributed by atoms with Crippen LogP contribution in [0.15, 0.2) is 60.6 Å². The number of esters is 1. The SMILES string of the molecule is CN1CCC2CCC(OC(=O)c3cccnc3)=CC21.COc1ccccc1OC. The Bertz CT molecular complexity index is 815. The summed E-state index contributed by atoms with van der Waals surface area (Å²) in [5, 5.41) is 0. The first-order valence-electron chi connectivity index (χ1n) is 9.82. The van der Waals surface area contributed by atoms with Crippen LogP contribution in [-0.4, -0.2) is 49.7 Å². The molecule has 1 saturated heterocycles. The van der Waals surface area contributed by atoms with Crippen molar-refractivity contribution in [2.45, 2.75) is 25.3 Å². The zero-order valence-corrected chi connectivity index (χ0v) is 17.2. The van der Waals surface area contributed by atoms with E-state index in [1.165, 1.54) is 12.6 Å². The second-order valence-electron chi connectivity index (χ2n) is 7.18. The third kappa shape index (κ3) is 5.35. The maximum absolute atomic E-state index is 12.0. The molecule has 2 aromatic rings. The van der Waals surface area contributed by atoms with Gasteiger partial charge in [0.15, 0.2) is 11.5 Å². The van der Waals surface area contributed by atoms with Gasteiger partial charge in [-0.25, -0.2) is 4.79 Å². The van der Waals surface area contributed by atoms with Crippen LogP contribution in [0.4, 0.5) is 0 Å². The molecule has 4 rings (SSSR count). The maximum atomic E-state index is 12.0. The van der Waals surface area contributed by atoms with Crippen molar-refractivity contribution in [3.63, 3.8) is 0 Å². The number of carbonyl (C=O) groups excluding carboxylic acids is 1. The van der Waals surface area contributed by atoms with Crippen LogP contribution < -0.4 is 9.47 Å². The van der Waals surface area contributed by atoms with E-state index < -0.39 is 0 Å². The highest BCUT2D eigenvalue weighted by molar-refractivity contribution is 5.89. The van der Waals surface area contributed by atoms with Crippen LogP contribution in [0.3, 0.4) is 0 Å². The lowest BCUT2D eigenvalue weighted by Gasteiger charge is -2.27. The normalized spacial score (nSPS) is 20.6. The van der Waals surface area contributed by atoms with Crippen molar-refractivity contribution in [1.82, 2.24) is 9.88 Å². The summed E-state index contributed by atoms with van der Waals surface area (Å²) in [5.41, 5.74) is 0.505. The van der Waals surface area contributed by atoms with E-state index >= 15 is 0 Å². The van der Waals surface area contributed by atoms with Crippen LogP contribution in [-0.2, 0) is 4.74 Å². The molecule has 0 N–H and O–H groups in total. The summed E-state index contributed by atoms with van der Waals surface area (Å²) in [5.74, 6) is 2.77. The number of likely N-dealkylation sites (tertiary alicyclic amines) is 1. The summed E-state index contributed by atoms with van der Waals surface area (Å²) in [6, 6.07) is 11.4. The number of ether oxygens (including phenoxy) is 3. The predicted octanol–water partition coefficient (Wildman–Crippen LogP) is 3.94. The molecule has 2 aliphatic rings. The van der Waals surface area contributed by atoms with Crippen LogP contribution in [0, 0.1) is 5.92 Å². The second kappa shape index (κ2) is 10.1. The van der Waals surface area contributed by atoms with Gasteiger partial charge in [0.1, 0.15) is 5.76 Å². The van der Waals surface area contributed by atoms with Gasteiger partial charge in [-0.3, -0.25) is 9.88 Å². The highest BCUT2D eigenvalue weighted by atomic mass is 16.5. The minimum Gasteiger partial charge on any atom is -0.493 e. The summed E-state index contributed by atoms with van der Waals surface area (Å²) >= 11 is 0. The van der Waals surface area contributed by atoms with Gasteiger partial charge in [0.05, 0.1) is 19.8 Å². The Morgan fingerprint density at radius 1 is 1.07 bits per heavy atom. The number of hydrogen-bond acceptors (Lipinski definition) is 6. The van der Waals surface area contributed by atoms with Gasteiger partial charge in [-0.15, -0.1) is 0 Å². The molecule has 0 amide bonds. The molecule has 29 heavy (non-hydrogen) atoms. The van der Waals surface area contributed by atoms with Gasteiger partial charge in [-0.1, -0.05) is 12.1 Å². The molecule has 6 heteroatoms. The number of carbonyl (C=O) groups is 1. The van der Waals surface area contributed by atoms with Crippen LogP contribution in [0.1, 0.15) is 29.6 Å². The van der Waals surface area contributed by atoms with E-state index in [0.717, 1.165) is 42.6 Å². The van der Waals surface area contributed by atoms with Crippen molar-refractivity contribution >= 4 is 5.97 Å². The molecular formula is C23H28N2O4. The Labute approximate surface area is 172 Å². The lowest BCUT2D eigenvalue weighted by atomic mass is 9.89. The molecule has 0 spiro atoms. The summed E-state index contributed by atoms with van der Waals surface area (Å²) in [6.07, 6.45) is 8.53. The molecule has 2 atom stereocenters. The van der Waals surface area contributed by atoms with Crippen LogP contribution in [0.5, 0.6) is 11.5 Å². The van der Waals surface area contributed by atoms with Crippen LogP contribution in [0.25, 0.3) is 0 Å². The average molecular weight is 396 g/mol. The fraction of sp³-hybridized carbons (Fsp3) is 0.391. The number of hydrogen-bond donors (Lipinski definition) is 0. The van der Waals surface area contributed by atoms with E-state index in [2.05, 4.69) is 23.0 Å².